The van der Waals surface area contributed by atoms with E-state index < -0.39 is 0 Å². The van der Waals surface area contributed by atoms with Crippen molar-refractivity contribution < 1.29 is 9.53 Å². The van der Waals surface area contributed by atoms with Crippen molar-refractivity contribution in [2.75, 3.05) is 0 Å². The minimum atomic E-state index is -0.323. The van der Waals surface area contributed by atoms with Crippen molar-refractivity contribution in [2.24, 2.45) is 0 Å². The second kappa shape index (κ2) is 5.82. The summed E-state index contributed by atoms with van der Waals surface area (Å²) in [6.45, 7) is 9.62. The molecule has 2 nitrogen and oxygen atoms in total. The summed E-state index contributed by atoms with van der Waals surface area (Å²) in [5.74, 6) is -0.253. The van der Waals surface area contributed by atoms with Crippen LogP contribution in [-0.4, -0.2) is 11.6 Å². The lowest BCUT2D eigenvalue weighted by atomic mass is 9.91. The summed E-state index contributed by atoms with van der Waals surface area (Å²) in [7, 11) is 0. The van der Waals surface area contributed by atoms with Crippen molar-refractivity contribution >= 4 is 5.97 Å². The highest BCUT2D eigenvalue weighted by Gasteiger charge is 2.38. The normalized spacial score (nSPS) is 16.9. The van der Waals surface area contributed by atoms with Gasteiger partial charge in [-0.05, 0) is 52.0 Å². The predicted molar refractivity (Wildman–Crippen MR) is 81.7 cm³/mol. The SMILES string of the molecule is C=C(C)C(=O)OC1(Cc2cc(C)cc(C)c2)CCCC1. The molecule has 0 aromatic heterocycles. The van der Waals surface area contributed by atoms with E-state index in [-0.39, 0.29) is 11.6 Å². The van der Waals surface area contributed by atoms with Crippen molar-refractivity contribution in [3.05, 3.63) is 47.0 Å². The first-order chi connectivity index (χ1) is 9.40. The van der Waals surface area contributed by atoms with Gasteiger partial charge in [0.1, 0.15) is 5.60 Å². The molecular weight excluding hydrogens is 248 g/mol. The molecule has 0 amide bonds. The predicted octanol–water partition coefficient (Wildman–Crippen LogP) is 4.28. The number of hydrogen-bond acceptors (Lipinski definition) is 2. The van der Waals surface area contributed by atoms with Crippen LogP contribution in [0.1, 0.15) is 49.3 Å². The van der Waals surface area contributed by atoms with Crippen molar-refractivity contribution in [3.8, 4) is 0 Å². The maximum atomic E-state index is 11.9. The fourth-order valence-corrected chi connectivity index (χ4v) is 3.16. The van der Waals surface area contributed by atoms with Crippen molar-refractivity contribution in [2.45, 2.75) is 58.5 Å². The van der Waals surface area contributed by atoms with Gasteiger partial charge in [-0.15, -0.1) is 0 Å². The van der Waals surface area contributed by atoms with Crippen LogP contribution in [-0.2, 0) is 16.0 Å². The number of hydrogen-bond donors (Lipinski definition) is 0. The Bertz CT molecular complexity index is 502. The highest BCUT2D eigenvalue weighted by Crippen LogP contribution is 2.37. The number of carbonyl (C=O) groups excluding carboxylic acids is 1. The van der Waals surface area contributed by atoms with Crippen molar-refractivity contribution in [3.63, 3.8) is 0 Å². The van der Waals surface area contributed by atoms with Crippen LogP contribution >= 0.6 is 0 Å². The van der Waals surface area contributed by atoms with Gasteiger partial charge in [0.05, 0.1) is 0 Å². The van der Waals surface area contributed by atoms with E-state index in [2.05, 4.69) is 38.6 Å². The zero-order chi connectivity index (χ0) is 14.8. The summed E-state index contributed by atoms with van der Waals surface area (Å²) in [4.78, 5) is 11.9. The topological polar surface area (TPSA) is 26.3 Å². The second-order valence-corrected chi connectivity index (χ2v) is 6.23. The van der Waals surface area contributed by atoms with Crippen LogP contribution in [0.4, 0.5) is 0 Å². The van der Waals surface area contributed by atoms with Crippen molar-refractivity contribution in [1.82, 2.24) is 0 Å². The third kappa shape index (κ3) is 3.50. The number of aryl methyl sites for hydroxylation is 2. The van der Waals surface area contributed by atoms with E-state index in [4.69, 9.17) is 4.74 Å². The van der Waals surface area contributed by atoms with Crippen LogP contribution in [0, 0.1) is 13.8 Å². The fraction of sp³-hybridized carbons (Fsp3) is 0.500. The van der Waals surface area contributed by atoms with Gasteiger partial charge in [0.25, 0.3) is 0 Å². The molecule has 1 aromatic carbocycles. The third-order valence-corrected chi connectivity index (χ3v) is 3.98. The average molecular weight is 272 g/mol. The molecule has 0 bridgehead atoms. The van der Waals surface area contributed by atoms with E-state index >= 15 is 0 Å². The Labute approximate surface area is 121 Å². The molecule has 2 heteroatoms. The van der Waals surface area contributed by atoms with E-state index in [1.54, 1.807) is 6.92 Å². The van der Waals surface area contributed by atoms with E-state index in [9.17, 15) is 4.79 Å². The van der Waals surface area contributed by atoms with Gasteiger partial charge in [-0.1, -0.05) is 35.9 Å². The summed E-state index contributed by atoms with van der Waals surface area (Å²) in [5, 5.41) is 0. The average Bonchev–Trinajstić information content (AvgIpc) is 2.75. The van der Waals surface area contributed by atoms with Crippen LogP contribution in [0.3, 0.4) is 0 Å². The fourth-order valence-electron chi connectivity index (χ4n) is 3.16. The summed E-state index contributed by atoms with van der Waals surface area (Å²) in [5.41, 5.74) is 3.95. The van der Waals surface area contributed by atoms with Gasteiger partial charge in [0, 0.05) is 12.0 Å². The molecule has 20 heavy (non-hydrogen) atoms. The Morgan fingerprint density at radius 3 is 2.25 bits per heavy atom. The Hall–Kier alpha value is -1.57. The number of rotatable bonds is 4. The molecule has 0 saturated heterocycles. The number of ether oxygens (including phenoxy) is 1. The standard InChI is InChI=1S/C18H24O2/c1-13(2)17(19)20-18(7-5-6-8-18)12-16-10-14(3)9-15(4)11-16/h9-11H,1,5-8,12H2,2-4H3. The first-order valence-corrected chi connectivity index (χ1v) is 7.36. The summed E-state index contributed by atoms with van der Waals surface area (Å²) in [6, 6.07) is 6.56. The Morgan fingerprint density at radius 2 is 1.75 bits per heavy atom. The van der Waals surface area contributed by atoms with Crippen LogP contribution in [0.2, 0.25) is 0 Å². The molecule has 0 aliphatic heterocycles. The zero-order valence-electron chi connectivity index (χ0n) is 12.8. The summed E-state index contributed by atoms with van der Waals surface area (Å²) in [6.07, 6.45) is 5.00. The lowest BCUT2D eigenvalue weighted by Gasteiger charge is -2.29. The molecule has 0 N–H and O–H groups in total. The van der Waals surface area contributed by atoms with E-state index in [0.717, 1.165) is 32.1 Å². The van der Waals surface area contributed by atoms with Gasteiger partial charge in [0.15, 0.2) is 0 Å². The van der Waals surface area contributed by atoms with E-state index in [1.165, 1.54) is 16.7 Å². The molecule has 0 spiro atoms. The quantitative estimate of drug-likeness (QED) is 0.604. The maximum Gasteiger partial charge on any atom is 0.333 e. The van der Waals surface area contributed by atoms with Gasteiger partial charge in [-0.2, -0.15) is 0 Å². The molecule has 1 fully saturated rings. The zero-order valence-corrected chi connectivity index (χ0v) is 12.8. The van der Waals surface area contributed by atoms with E-state index in [1.807, 2.05) is 0 Å². The molecular formula is C18H24O2. The molecule has 0 heterocycles. The lowest BCUT2D eigenvalue weighted by molar-refractivity contribution is -0.154. The molecule has 1 aliphatic carbocycles. The largest absolute Gasteiger partial charge is 0.455 e. The minimum Gasteiger partial charge on any atom is -0.455 e. The van der Waals surface area contributed by atoms with Gasteiger partial charge in [-0.25, -0.2) is 4.79 Å². The van der Waals surface area contributed by atoms with Crippen LogP contribution in [0.5, 0.6) is 0 Å². The number of benzene rings is 1. The molecule has 1 saturated carbocycles. The van der Waals surface area contributed by atoms with Crippen LogP contribution < -0.4 is 0 Å². The van der Waals surface area contributed by atoms with Crippen LogP contribution in [0.15, 0.2) is 30.4 Å². The molecule has 2 rings (SSSR count). The lowest BCUT2D eigenvalue weighted by Crippen LogP contribution is -2.34. The first-order valence-electron chi connectivity index (χ1n) is 7.36. The van der Waals surface area contributed by atoms with E-state index in [0.29, 0.717) is 5.57 Å². The van der Waals surface area contributed by atoms with Gasteiger partial charge in [-0.3, -0.25) is 0 Å². The molecule has 108 valence electrons. The Balaban J connectivity index is 2.20. The van der Waals surface area contributed by atoms with Crippen LogP contribution in [0.25, 0.3) is 0 Å². The molecule has 1 aromatic rings. The molecule has 0 radical (unpaired) electrons. The monoisotopic (exact) mass is 272 g/mol. The number of esters is 1. The Kier molecular flexibility index (Phi) is 4.32. The molecule has 0 atom stereocenters. The minimum absolute atomic E-state index is 0.253. The van der Waals surface area contributed by atoms with Gasteiger partial charge >= 0.3 is 5.97 Å². The third-order valence-electron chi connectivity index (χ3n) is 3.98. The van der Waals surface area contributed by atoms with Gasteiger partial charge in [0.2, 0.25) is 0 Å². The highest BCUT2D eigenvalue weighted by atomic mass is 16.6. The number of carbonyl (C=O) groups is 1. The van der Waals surface area contributed by atoms with Crippen molar-refractivity contribution in [1.29, 1.82) is 0 Å². The Morgan fingerprint density at radius 1 is 1.20 bits per heavy atom. The second-order valence-electron chi connectivity index (χ2n) is 6.23. The maximum absolute atomic E-state index is 11.9. The van der Waals surface area contributed by atoms with Gasteiger partial charge < -0.3 is 4.74 Å². The first kappa shape index (κ1) is 14.8. The molecule has 1 aliphatic rings. The smallest absolute Gasteiger partial charge is 0.333 e. The summed E-state index contributed by atoms with van der Waals surface area (Å²) < 4.78 is 5.81. The highest BCUT2D eigenvalue weighted by molar-refractivity contribution is 5.87. The molecule has 0 unspecified atom stereocenters. The summed E-state index contributed by atoms with van der Waals surface area (Å²) >= 11 is 0.